The van der Waals surface area contributed by atoms with Gasteiger partial charge >= 0.3 is 6.03 Å². The number of hydrazine groups is 1. The summed E-state index contributed by atoms with van der Waals surface area (Å²) in [6, 6.07) is 17.7. The van der Waals surface area contributed by atoms with Gasteiger partial charge in [-0.15, -0.1) is 0 Å². The fourth-order valence-electron chi connectivity index (χ4n) is 3.23. The Hall–Kier alpha value is -3.94. The van der Waals surface area contributed by atoms with Crippen molar-refractivity contribution < 1.29 is 14.4 Å². The Kier molecular flexibility index (Phi) is 4.59. The number of aromatic nitrogens is 2. The average Bonchev–Trinajstić information content (AvgIpc) is 3.28. The molecule has 1 aliphatic rings. The molecule has 29 heavy (non-hydrogen) atoms. The molecule has 2 aromatic carbocycles. The van der Waals surface area contributed by atoms with Gasteiger partial charge < -0.3 is 5.32 Å². The van der Waals surface area contributed by atoms with Crippen molar-refractivity contribution in [3.8, 4) is 5.69 Å². The number of carbonyl (C=O) groups is 3. The summed E-state index contributed by atoms with van der Waals surface area (Å²) in [5, 5.41) is 7.62. The first-order valence-electron chi connectivity index (χ1n) is 9.08. The molecule has 146 valence electrons. The van der Waals surface area contributed by atoms with Crippen LogP contribution < -0.4 is 10.7 Å². The number of amides is 4. The Bertz CT molecular complexity index is 1060. The summed E-state index contributed by atoms with van der Waals surface area (Å²) in [7, 11) is 0. The number of nitrogens with zero attached hydrogens (tertiary/aromatic N) is 3. The first kappa shape index (κ1) is 18.4. The van der Waals surface area contributed by atoms with Gasteiger partial charge in [0.15, 0.2) is 0 Å². The molecule has 0 unspecified atom stereocenters. The number of urea groups is 1. The van der Waals surface area contributed by atoms with E-state index < -0.39 is 23.4 Å². The maximum atomic E-state index is 12.8. The summed E-state index contributed by atoms with van der Waals surface area (Å²) < 4.78 is 1.66. The highest BCUT2D eigenvalue weighted by atomic mass is 16.2. The molecule has 1 atom stereocenters. The molecule has 3 aromatic rings. The molecule has 8 nitrogen and oxygen atoms in total. The summed E-state index contributed by atoms with van der Waals surface area (Å²) >= 11 is 0. The molecule has 2 N–H and O–H groups in total. The normalized spacial score (nSPS) is 18.6. The largest absolute Gasteiger partial charge is 0.344 e. The van der Waals surface area contributed by atoms with Gasteiger partial charge in [0.1, 0.15) is 5.54 Å². The van der Waals surface area contributed by atoms with Gasteiger partial charge in [0, 0.05) is 6.20 Å². The molecule has 0 spiro atoms. The minimum Gasteiger partial charge on any atom is -0.318 e. The van der Waals surface area contributed by atoms with Crippen LogP contribution in [-0.2, 0) is 21.5 Å². The highest BCUT2D eigenvalue weighted by Gasteiger charge is 2.49. The lowest BCUT2D eigenvalue weighted by Gasteiger charge is -2.22. The second-order valence-corrected chi connectivity index (χ2v) is 6.90. The van der Waals surface area contributed by atoms with Crippen molar-refractivity contribution in [3.63, 3.8) is 0 Å². The molecule has 2 heterocycles. The van der Waals surface area contributed by atoms with Crippen LogP contribution in [0.3, 0.4) is 0 Å². The maximum Gasteiger partial charge on any atom is 0.344 e. The Morgan fingerprint density at radius 3 is 2.41 bits per heavy atom. The van der Waals surface area contributed by atoms with Crippen molar-refractivity contribution in [3.05, 3.63) is 84.2 Å². The van der Waals surface area contributed by atoms with Gasteiger partial charge in [-0.2, -0.15) is 10.1 Å². The molecule has 0 saturated carbocycles. The highest BCUT2D eigenvalue weighted by molar-refractivity contribution is 6.08. The summed E-state index contributed by atoms with van der Waals surface area (Å²) in [6.45, 7) is 1.61. The first-order chi connectivity index (χ1) is 14.0. The molecule has 1 aromatic heterocycles. The van der Waals surface area contributed by atoms with E-state index in [-0.39, 0.29) is 6.42 Å². The molecule has 0 bridgehead atoms. The van der Waals surface area contributed by atoms with E-state index in [1.54, 1.807) is 48.3 Å². The number of rotatable bonds is 5. The van der Waals surface area contributed by atoms with E-state index in [9.17, 15) is 14.4 Å². The van der Waals surface area contributed by atoms with Gasteiger partial charge in [0.2, 0.25) is 5.91 Å². The number of benzene rings is 2. The van der Waals surface area contributed by atoms with E-state index in [0.717, 1.165) is 10.7 Å². The van der Waals surface area contributed by atoms with Crippen LogP contribution in [0.5, 0.6) is 0 Å². The molecule has 4 amide bonds. The van der Waals surface area contributed by atoms with Crippen LogP contribution in [0, 0.1) is 0 Å². The third kappa shape index (κ3) is 3.47. The van der Waals surface area contributed by atoms with E-state index in [0.29, 0.717) is 11.1 Å². The summed E-state index contributed by atoms with van der Waals surface area (Å²) in [5.41, 5.74) is 3.33. The Balaban J connectivity index is 1.44. The third-order valence-corrected chi connectivity index (χ3v) is 4.80. The fraction of sp³-hybridized carbons (Fsp3) is 0.143. The molecule has 1 aliphatic heterocycles. The zero-order valence-electron chi connectivity index (χ0n) is 15.7. The maximum absolute atomic E-state index is 12.8. The van der Waals surface area contributed by atoms with Gasteiger partial charge in [-0.05, 0) is 30.2 Å². The first-order valence-corrected chi connectivity index (χ1v) is 9.08. The van der Waals surface area contributed by atoms with Crippen molar-refractivity contribution in [2.45, 2.75) is 18.9 Å². The highest BCUT2D eigenvalue weighted by Crippen LogP contribution is 2.27. The van der Waals surface area contributed by atoms with Crippen molar-refractivity contribution in [1.82, 2.24) is 25.5 Å². The summed E-state index contributed by atoms with van der Waals surface area (Å²) in [6.07, 6.45) is 3.29. The Morgan fingerprint density at radius 2 is 1.72 bits per heavy atom. The molecule has 1 saturated heterocycles. The van der Waals surface area contributed by atoms with Crippen molar-refractivity contribution in [1.29, 1.82) is 0 Å². The second-order valence-electron chi connectivity index (χ2n) is 6.90. The lowest BCUT2D eigenvalue weighted by Crippen LogP contribution is -2.48. The number of nitrogens with one attached hydrogen (secondary N) is 2. The van der Waals surface area contributed by atoms with Crippen molar-refractivity contribution in [2.75, 3.05) is 0 Å². The minimum atomic E-state index is -1.23. The van der Waals surface area contributed by atoms with E-state index in [2.05, 4.69) is 15.8 Å². The van der Waals surface area contributed by atoms with Crippen LogP contribution in [0.2, 0.25) is 0 Å². The van der Waals surface area contributed by atoms with Crippen LogP contribution in [-0.4, -0.2) is 32.6 Å². The Labute approximate surface area is 167 Å². The molecular formula is C21H19N5O3. The standard InChI is InChI=1S/C21H19N5O3/c1-21(16-8-4-2-5-9-16)19(28)26(20(29)23-21)24-18(27)12-15-13-22-25(14-15)17-10-6-3-7-11-17/h2-11,13-14H,12H2,1H3,(H,23,29)(H,24,27)/t21-/m1/s1. The number of hydrogen-bond acceptors (Lipinski definition) is 4. The monoisotopic (exact) mass is 389 g/mol. The van der Waals surface area contributed by atoms with Gasteiger partial charge in [0.25, 0.3) is 5.91 Å². The smallest absolute Gasteiger partial charge is 0.318 e. The molecule has 4 rings (SSSR count). The molecule has 1 fully saturated rings. The number of carbonyl (C=O) groups excluding carboxylic acids is 3. The second kappa shape index (κ2) is 7.23. The van der Waals surface area contributed by atoms with Crippen molar-refractivity contribution >= 4 is 17.8 Å². The quantitative estimate of drug-likeness (QED) is 0.652. The Morgan fingerprint density at radius 1 is 1.07 bits per heavy atom. The number of imide groups is 1. The van der Waals surface area contributed by atoms with Gasteiger partial charge in [-0.1, -0.05) is 48.5 Å². The summed E-state index contributed by atoms with van der Waals surface area (Å²) in [5.74, 6) is -1.03. The third-order valence-electron chi connectivity index (χ3n) is 4.80. The predicted molar refractivity (Wildman–Crippen MR) is 105 cm³/mol. The van der Waals surface area contributed by atoms with E-state index in [1.165, 1.54) is 0 Å². The average molecular weight is 389 g/mol. The van der Waals surface area contributed by atoms with Gasteiger partial charge in [-0.3, -0.25) is 15.0 Å². The topological polar surface area (TPSA) is 96.3 Å². The summed E-state index contributed by atoms with van der Waals surface area (Å²) in [4.78, 5) is 37.6. The van der Waals surface area contributed by atoms with E-state index >= 15 is 0 Å². The van der Waals surface area contributed by atoms with Gasteiger partial charge in [0.05, 0.1) is 18.3 Å². The SMILES string of the molecule is C[C@]1(c2ccccc2)NC(=O)N(NC(=O)Cc2cnn(-c3ccccc3)c2)C1=O. The van der Waals surface area contributed by atoms with Gasteiger partial charge in [-0.25, -0.2) is 9.48 Å². The molecule has 8 heteroatoms. The lowest BCUT2D eigenvalue weighted by atomic mass is 9.92. The van der Waals surface area contributed by atoms with Crippen LogP contribution in [0.25, 0.3) is 5.69 Å². The van der Waals surface area contributed by atoms with E-state index in [4.69, 9.17) is 0 Å². The zero-order valence-corrected chi connectivity index (χ0v) is 15.7. The minimum absolute atomic E-state index is 0.0219. The fourth-order valence-corrected chi connectivity index (χ4v) is 3.23. The molecule has 0 aliphatic carbocycles. The predicted octanol–water partition coefficient (Wildman–Crippen LogP) is 1.91. The van der Waals surface area contributed by atoms with Crippen LogP contribution in [0.1, 0.15) is 18.1 Å². The van der Waals surface area contributed by atoms with Crippen molar-refractivity contribution in [2.24, 2.45) is 0 Å². The van der Waals surface area contributed by atoms with E-state index in [1.807, 2.05) is 36.4 Å². The van der Waals surface area contributed by atoms with Crippen LogP contribution >= 0.6 is 0 Å². The zero-order chi connectivity index (χ0) is 20.4. The molecular weight excluding hydrogens is 370 g/mol. The number of para-hydroxylation sites is 1. The van der Waals surface area contributed by atoms with Crippen LogP contribution in [0.4, 0.5) is 4.79 Å². The lowest BCUT2D eigenvalue weighted by molar-refractivity contribution is -0.138. The molecule has 0 radical (unpaired) electrons. The van der Waals surface area contributed by atoms with Crippen LogP contribution in [0.15, 0.2) is 73.1 Å². The number of hydrogen-bond donors (Lipinski definition) is 2.